The van der Waals surface area contributed by atoms with Gasteiger partial charge in [0.25, 0.3) is 0 Å². The van der Waals surface area contributed by atoms with E-state index in [0.717, 1.165) is 11.5 Å². The third-order valence-corrected chi connectivity index (χ3v) is 3.28. The van der Waals surface area contributed by atoms with Crippen molar-refractivity contribution in [2.24, 2.45) is 0 Å². The Hall–Kier alpha value is -0.760. The van der Waals surface area contributed by atoms with E-state index in [1.54, 1.807) is 0 Å². The number of anilines is 1. The monoisotopic (exact) mass is 224 g/mol. The Morgan fingerprint density at radius 2 is 2.13 bits per heavy atom. The first-order valence-corrected chi connectivity index (χ1v) is 5.93. The van der Waals surface area contributed by atoms with Gasteiger partial charge in [0, 0.05) is 24.3 Å². The molecule has 0 unspecified atom stereocenters. The largest absolute Gasteiger partial charge is 0.356 e. The highest BCUT2D eigenvalue weighted by molar-refractivity contribution is 6.17. The van der Waals surface area contributed by atoms with Gasteiger partial charge in [0.2, 0.25) is 0 Å². The standard InChI is InChI=1S/C12H17ClN2/c1-8-6-9(2)14-12(11(8)7-13)15(3)10-4-5-10/h6,10H,4-5,7H2,1-3H3. The maximum atomic E-state index is 5.99. The Labute approximate surface area is 96.3 Å². The third kappa shape index (κ3) is 2.10. The zero-order chi connectivity index (χ0) is 11.0. The van der Waals surface area contributed by atoms with Gasteiger partial charge < -0.3 is 4.90 Å². The molecule has 1 fully saturated rings. The summed E-state index contributed by atoms with van der Waals surface area (Å²) in [6.45, 7) is 4.14. The molecule has 2 nitrogen and oxygen atoms in total. The molecular formula is C12H17ClN2. The van der Waals surface area contributed by atoms with Crippen LogP contribution in [-0.2, 0) is 5.88 Å². The van der Waals surface area contributed by atoms with Crippen LogP contribution in [0.3, 0.4) is 0 Å². The van der Waals surface area contributed by atoms with Gasteiger partial charge >= 0.3 is 0 Å². The number of aromatic nitrogens is 1. The first-order chi connectivity index (χ1) is 7.13. The average molecular weight is 225 g/mol. The predicted molar refractivity (Wildman–Crippen MR) is 64.7 cm³/mol. The highest BCUT2D eigenvalue weighted by Crippen LogP contribution is 2.32. The molecule has 0 aromatic carbocycles. The number of halogens is 1. The SMILES string of the molecule is Cc1cc(C)c(CCl)c(N(C)C2CC2)n1. The zero-order valence-electron chi connectivity index (χ0n) is 9.55. The van der Waals surface area contributed by atoms with E-state index in [-0.39, 0.29) is 0 Å². The van der Waals surface area contributed by atoms with E-state index in [1.165, 1.54) is 24.0 Å². The van der Waals surface area contributed by atoms with Crippen LogP contribution >= 0.6 is 11.6 Å². The van der Waals surface area contributed by atoms with E-state index in [2.05, 4.69) is 29.9 Å². The molecule has 1 aromatic rings. The Morgan fingerprint density at radius 1 is 1.47 bits per heavy atom. The van der Waals surface area contributed by atoms with Gasteiger partial charge in [-0.2, -0.15) is 0 Å². The molecule has 1 heterocycles. The van der Waals surface area contributed by atoms with Crippen molar-refractivity contribution in [1.29, 1.82) is 0 Å². The molecule has 0 N–H and O–H groups in total. The van der Waals surface area contributed by atoms with Crippen LogP contribution < -0.4 is 4.90 Å². The van der Waals surface area contributed by atoms with Crippen LogP contribution in [-0.4, -0.2) is 18.1 Å². The first kappa shape index (κ1) is 10.7. The van der Waals surface area contributed by atoms with Crippen molar-refractivity contribution in [3.8, 4) is 0 Å². The van der Waals surface area contributed by atoms with Gasteiger partial charge in [-0.15, -0.1) is 11.6 Å². The van der Waals surface area contributed by atoms with Crippen LogP contribution in [0, 0.1) is 13.8 Å². The number of rotatable bonds is 3. The molecule has 1 aliphatic rings. The molecule has 0 radical (unpaired) electrons. The number of hydrogen-bond donors (Lipinski definition) is 0. The van der Waals surface area contributed by atoms with E-state index in [0.29, 0.717) is 11.9 Å². The maximum Gasteiger partial charge on any atom is 0.133 e. The first-order valence-electron chi connectivity index (χ1n) is 5.39. The second-order valence-electron chi connectivity index (χ2n) is 4.36. The molecular weight excluding hydrogens is 208 g/mol. The highest BCUT2D eigenvalue weighted by Gasteiger charge is 2.28. The molecule has 15 heavy (non-hydrogen) atoms. The minimum atomic E-state index is 0.547. The van der Waals surface area contributed by atoms with Crippen LogP contribution in [0.25, 0.3) is 0 Å². The molecule has 82 valence electrons. The molecule has 0 aliphatic heterocycles. The number of alkyl halides is 1. The van der Waals surface area contributed by atoms with Crippen LogP contribution in [0.1, 0.15) is 29.7 Å². The predicted octanol–water partition coefficient (Wildman–Crippen LogP) is 3.04. The van der Waals surface area contributed by atoms with E-state index in [1.807, 2.05) is 6.92 Å². The summed E-state index contributed by atoms with van der Waals surface area (Å²) in [7, 11) is 2.12. The van der Waals surface area contributed by atoms with Crippen LogP contribution in [0.5, 0.6) is 0 Å². The molecule has 0 atom stereocenters. The van der Waals surface area contributed by atoms with Crippen molar-refractivity contribution in [2.45, 2.75) is 38.6 Å². The Balaban J connectivity index is 2.42. The number of pyridine rings is 1. The molecule has 0 amide bonds. The molecule has 0 spiro atoms. The molecule has 2 rings (SSSR count). The van der Waals surface area contributed by atoms with E-state index in [9.17, 15) is 0 Å². The maximum absolute atomic E-state index is 5.99. The number of aryl methyl sites for hydroxylation is 2. The van der Waals surface area contributed by atoms with Crippen LogP contribution in [0.15, 0.2) is 6.07 Å². The topological polar surface area (TPSA) is 16.1 Å². The Kier molecular flexibility index (Phi) is 2.87. The van der Waals surface area contributed by atoms with Gasteiger partial charge in [-0.1, -0.05) is 0 Å². The van der Waals surface area contributed by atoms with Gasteiger partial charge in [0.05, 0.1) is 5.88 Å². The van der Waals surface area contributed by atoms with Gasteiger partial charge in [0.15, 0.2) is 0 Å². The second kappa shape index (κ2) is 4.01. The van der Waals surface area contributed by atoms with Gasteiger partial charge in [-0.05, 0) is 38.3 Å². The third-order valence-electron chi connectivity index (χ3n) is 3.02. The zero-order valence-corrected chi connectivity index (χ0v) is 10.3. The molecule has 1 aliphatic carbocycles. The van der Waals surface area contributed by atoms with Crippen molar-refractivity contribution in [3.05, 3.63) is 22.9 Å². The fraction of sp³-hybridized carbons (Fsp3) is 0.583. The van der Waals surface area contributed by atoms with Crippen LogP contribution in [0.4, 0.5) is 5.82 Å². The lowest BCUT2D eigenvalue weighted by Gasteiger charge is -2.22. The fourth-order valence-corrected chi connectivity index (χ4v) is 2.27. The lowest BCUT2D eigenvalue weighted by molar-refractivity contribution is 0.874. The molecule has 0 bridgehead atoms. The molecule has 1 aromatic heterocycles. The average Bonchev–Trinajstić information content (AvgIpc) is 2.98. The fourth-order valence-electron chi connectivity index (χ4n) is 1.94. The number of hydrogen-bond acceptors (Lipinski definition) is 2. The van der Waals surface area contributed by atoms with E-state index in [4.69, 9.17) is 11.6 Å². The minimum absolute atomic E-state index is 0.547. The molecule has 3 heteroatoms. The minimum Gasteiger partial charge on any atom is -0.356 e. The summed E-state index contributed by atoms with van der Waals surface area (Å²) < 4.78 is 0. The van der Waals surface area contributed by atoms with Gasteiger partial charge in [-0.25, -0.2) is 4.98 Å². The van der Waals surface area contributed by atoms with Crippen molar-refractivity contribution in [1.82, 2.24) is 4.98 Å². The summed E-state index contributed by atoms with van der Waals surface area (Å²) in [6.07, 6.45) is 2.57. The highest BCUT2D eigenvalue weighted by atomic mass is 35.5. The molecule has 1 saturated carbocycles. The lowest BCUT2D eigenvalue weighted by Crippen LogP contribution is -2.22. The number of nitrogens with zero attached hydrogens (tertiary/aromatic N) is 2. The molecule has 0 saturated heterocycles. The van der Waals surface area contributed by atoms with Gasteiger partial charge in [0.1, 0.15) is 5.82 Å². The van der Waals surface area contributed by atoms with E-state index < -0.39 is 0 Å². The second-order valence-corrected chi connectivity index (χ2v) is 4.63. The van der Waals surface area contributed by atoms with Crippen LogP contribution in [0.2, 0.25) is 0 Å². The summed E-state index contributed by atoms with van der Waals surface area (Å²) in [5.41, 5.74) is 3.50. The summed E-state index contributed by atoms with van der Waals surface area (Å²) in [4.78, 5) is 6.88. The Morgan fingerprint density at radius 3 is 2.67 bits per heavy atom. The summed E-state index contributed by atoms with van der Waals surface area (Å²) in [5, 5.41) is 0. The Bertz CT molecular complexity index is 372. The van der Waals surface area contributed by atoms with Crippen molar-refractivity contribution < 1.29 is 0 Å². The van der Waals surface area contributed by atoms with Crippen molar-refractivity contribution >= 4 is 17.4 Å². The summed E-state index contributed by atoms with van der Waals surface area (Å²) in [5.74, 6) is 1.62. The van der Waals surface area contributed by atoms with E-state index >= 15 is 0 Å². The smallest absolute Gasteiger partial charge is 0.133 e. The van der Waals surface area contributed by atoms with Crippen molar-refractivity contribution in [2.75, 3.05) is 11.9 Å². The lowest BCUT2D eigenvalue weighted by atomic mass is 10.1. The quantitative estimate of drug-likeness (QED) is 0.734. The summed E-state index contributed by atoms with van der Waals surface area (Å²) >= 11 is 5.99. The van der Waals surface area contributed by atoms with Crippen molar-refractivity contribution in [3.63, 3.8) is 0 Å². The van der Waals surface area contributed by atoms with Gasteiger partial charge in [-0.3, -0.25) is 0 Å². The summed E-state index contributed by atoms with van der Waals surface area (Å²) in [6, 6.07) is 2.78. The normalized spacial score (nSPS) is 15.5.